The lowest BCUT2D eigenvalue weighted by molar-refractivity contribution is -0.132. The molecule has 0 aromatic heterocycles. The number of hydrogen-bond acceptors (Lipinski definition) is 3. The van der Waals surface area contributed by atoms with Gasteiger partial charge in [0.15, 0.2) is 9.84 Å². The molecule has 1 saturated heterocycles. The number of nitrogens with one attached hydrogen (secondary N) is 1. The zero-order valence-electron chi connectivity index (χ0n) is 6.49. The van der Waals surface area contributed by atoms with Crippen LogP contribution in [0.1, 0.15) is 13.3 Å². The number of amides is 1. The molecule has 0 bridgehead atoms. The van der Waals surface area contributed by atoms with Crippen molar-refractivity contribution in [2.24, 2.45) is 5.92 Å². The van der Waals surface area contributed by atoms with E-state index in [0.717, 1.165) is 6.26 Å². The van der Waals surface area contributed by atoms with Crippen molar-refractivity contribution in [2.45, 2.75) is 18.7 Å². The van der Waals surface area contributed by atoms with E-state index in [1.54, 1.807) is 0 Å². The summed E-state index contributed by atoms with van der Waals surface area (Å²) in [5.41, 5.74) is 0. The van der Waals surface area contributed by atoms with E-state index in [0.29, 0.717) is 6.42 Å². The van der Waals surface area contributed by atoms with Gasteiger partial charge in [-0.1, -0.05) is 6.92 Å². The van der Waals surface area contributed by atoms with E-state index in [-0.39, 0.29) is 11.8 Å². The molecule has 0 aliphatic carbocycles. The van der Waals surface area contributed by atoms with Crippen LogP contribution in [-0.4, -0.2) is 26.0 Å². The van der Waals surface area contributed by atoms with E-state index in [1.165, 1.54) is 0 Å². The van der Waals surface area contributed by atoms with E-state index >= 15 is 0 Å². The van der Waals surface area contributed by atoms with Crippen molar-refractivity contribution >= 4 is 15.7 Å². The van der Waals surface area contributed by atoms with E-state index in [4.69, 9.17) is 0 Å². The molecule has 5 heteroatoms. The lowest BCUT2D eigenvalue weighted by atomic mass is 9.99. The molecule has 1 N–H and O–H groups in total. The van der Waals surface area contributed by atoms with Crippen LogP contribution in [0.5, 0.6) is 0 Å². The molecule has 1 fully saturated rings. The Morgan fingerprint density at radius 1 is 1.55 bits per heavy atom. The minimum atomic E-state index is -3.09. The van der Waals surface area contributed by atoms with Crippen molar-refractivity contribution < 1.29 is 13.2 Å². The van der Waals surface area contributed by atoms with Crippen LogP contribution < -0.4 is 5.32 Å². The quantitative estimate of drug-likeness (QED) is 0.579. The maximum absolute atomic E-state index is 10.9. The average Bonchev–Trinajstić information content (AvgIpc) is 1.81. The Kier molecular flexibility index (Phi) is 1.92. The Hall–Kier alpha value is -0.580. The van der Waals surface area contributed by atoms with Gasteiger partial charge in [0, 0.05) is 6.26 Å². The summed E-state index contributed by atoms with van der Waals surface area (Å²) in [6, 6.07) is 0. The second-order valence-corrected chi connectivity index (χ2v) is 4.94. The molecule has 11 heavy (non-hydrogen) atoms. The first-order valence-electron chi connectivity index (χ1n) is 3.46. The molecule has 0 saturated carbocycles. The van der Waals surface area contributed by atoms with Crippen molar-refractivity contribution in [1.29, 1.82) is 0 Å². The van der Waals surface area contributed by atoms with Crippen LogP contribution in [0, 0.1) is 5.92 Å². The number of sulfone groups is 1. The van der Waals surface area contributed by atoms with Crippen molar-refractivity contribution in [3.8, 4) is 0 Å². The lowest BCUT2D eigenvalue weighted by Crippen LogP contribution is -2.61. The maximum atomic E-state index is 10.9. The first-order valence-corrected chi connectivity index (χ1v) is 5.41. The summed E-state index contributed by atoms with van der Waals surface area (Å²) >= 11 is 0. The molecule has 1 aliphatic rings. The summed E-state index contributed by atoms with van der Waals surface area (Å²) in [5.74, 6) is -0.479. The highest BCUT2D eigenvalue weighted by Crippen LogP contribution is 2.22. The Labute approximate surface area is 65.9 Å². The Bertz CT molecular complexity index is 270. The Morgan fingerprint density at radius 2 is 2.09 bits per heavy atom. The molecular formula is C6H11NO3S. The molecule has 2 atom stereocenters. The molecule has 64 valence electrons. The van der Waals surface area contributed by atoms with E-state index in [1.807, 2.05) is 6.92 Å². The Morgan fingerprint density at radius 3 is 2.27 bits per heavy atom. The SMILES string of the molecule is CC[C@H]1C(=O)N[C@@H]1S(C)(=O)=O. The summed E-state index contributed by atoms with van der Waals surface area (Å²) in [5, 5.41) is 1.72. The van der Waals surface area contributed by atoms with Gasteiger partial charge in [-0.2, -0.15) is 0 Å². The fraction of sp³-hybridized carbons (Fsp3) is 0.833. The first-order chi connectivity index (χ1) is 4.96. The molecule has 0 aromatic rings. The molecule has 4 nitrogen and oxygen atoms in total. The second kappa shape index (κ2) is 2.48. The monoisotopic (exact) mass is 177 g/mol. The van der Waals surface area contributed by atoms with Gasteiger partial charge in [-0.15, -0.1) is 0 Å². The number of hydrogen-bond donors (Lipinski definition) is 1. The summed E-state index contributed by atoms with van der Waals surface area (Å²) < 4.78 is 21.8. The number of β-lactam (4-membered cyclic amide) rings is 1. The van der Waals surface area contributed by atoms with Crippen LogP contribution in [-0.2, 0) is 14.6 Å². The molecule has 1 amide bonds. The molecule has 1 aliphatic heterocycles. The van der Waals surface area contributed by atoms with Gasteiger partial charge in [0.2, 0.25) is 5.91 Å². The number of carbonyl (C=O) groups excluding carboxylic acids is 1. The molecule has 1 heterocycles. The first kappa shape index (κ1) is 8.52. The fourth-order valence-corrected chi connectivity index (χ4v) is 2.44. The standard InChI is InChI=1S/C6H11NO3S/c1-3-4-5(8)7-6(4)11(2,9)10/h4,6H,3H2,1-2H3,(H,7,8)/t4-,6+/m0/s1. The summed E-state index contributed by atoms with van der Waals surface area (Å²) in [4.78, 5) is 10.7. The molecule has 0 spiro atoms. The van der Waals surface area contributed by atoms with Gasteiger partial charge in [0.1, 0.15) is 5.37 Å². The Balaban J connectivity index is 2.74. The second-order valence-electron chi connectivity index (χ2n) is 2.77. The van der Waals surface area contributed by atoms with Crippen molar-refractivity contribution in [3.63, 3.8) is 0 Å². The van der Waals surface area contributed by atoms with Crippen LogP contribution >= 0.6 is 0 Å². The van der Waals surface area contributed by atoms with Gasteiger partial charge in [-0.05, 0) is 6.42 Å². The van der Waals surface area contributed by atoms with Crippen LogP contribution in [0.2, 0.25) is 0 Å². The third-order valence-electron chi connectivity index (χ3n) is 1.89. The number of rotatable bonds is 2. The minimum absolute atomic E-state index is 0.150. The third kappa shape index (κ3) is 1.38. The summed E-state index contributed by atoms with van der Waals surface area (Å²) in [6.45, 7) is 1.81. The van der Waals surface area contributed by atoms with Gasteiger partial charge >= 0.3 is 0 Å². The van der Waals surface area contributed by atoms with Crippen LogP contribution in [0.25, 0.3) is 0 Å². The zero-order chi connectivity index (χ0) is 8.65. The van der Waals surface area contributed by atoms with E-state index in [2.05, 4.69) is 5.32 Å². The third-order valence-corrected chi connectivity index (χ3v) is 3.26. The maximum Gasteiger partial charge on any atom is 0.227 e. The topological polar surface area (TPSA) is 63.2 Å². The van der Waals surface area contributed by atoms with Crippen molar-refractivity contribution in [3.05, 3.63) is 0 Å². The number of carbonyl (C=O) groups is 1. The average molecular weight is 177 g/mol. The predicted molar refractivity (Wildman–Crippen MR) is 40.6 cm³/mol. The highest BCUT2D eigenvalue weighted by Gasteiger charge is 2.43. The molecular weight excluding hydrogens is 166 g/mol. The van der Waals surface area contributed by atoms with E-state index in [9.17, 15) is 13.2 Å². The zero-order valence-corrected chi connectivity index (χ0v) is 7.31. The van der Waals surface area contributed by atoms with Gasteiger partial charge in [-0.25, -0.2) is 8.42 Å². The van der Waals surface area contributed by atoms with Crippen LogP contribution in [0.3, 0.4) is 0 Å². The summed E-state index contributed by atoms with van der Waals surface area (Å²) in [7, 11) is -3.09. The van der Waals surface area contributed by atoms with Crippen LogP contribution in [0.4, 0.5) is 0 Å². The lowest BCUT2D eigenvalue weighted by Gasteiger charge is -2.34. The van der Waals surface area contributed by atoms with Gasteiger partial charge in [-0.3, -0.25) is 4.79 Å². The predicted octanol–water partition coefficient (Wildman–Crippen LogP) is -0.487. The normalized spacial score (nSPS) is 30.9. The molecule has 0 unspecified atom stereocenters. The molecule has 0 radical (unpaired) electrons. The smallest absolute Gasteiger partial charge is 0.227 e. The highest BCUT2D eigenvalue weighted by atomic mass is 32.2. The summed E-state index contributed by atoms with van der Waals surface area (Å²) in [6.07, 6.45) is 1.73. The van der Waals surface area contributed by atoms with Gasteiger partial charge in [0.05, 0.1) is 5.92 Å². The van der Waals surface area contributed by atoms with Gasteiger partial charge < -0.3 is 5.32 Å². The minimum Gasteiger partial charge on any atom is -0.339 e. The fourth-order valence-electron chi connectivity index (χ4n) is 1.19. The highest BCUT2D eigenvalue weighted by molar-refractivity contribution is 7.91. The van der Waals surface area contributed by atoms with Crippen LogP contribution in [0.15, 0.2) is 0 Å². The molecule has 1 rings (SSSR count). The molecule has 0 aromatic carbocycles. The van der Waals surface area contributed by atoms with E-state index < -0.39 is 15.2 Å². The largest absolute Gasteiger partial charge is 0.339 e. The van der Waals surface area contributed by atoms with Gasteiger partial charge in [0.25, 0.3) is 0 Å². The van der Waals surface area contributed by atoms with Crippen molar-refractivity contribution in [2.75, 3.05) is 6.26 Å². The van der Waals surface area contributed by atoms with Crippen molar-refractivity contribution in [1.82, 2.24) is 5.32 Å².